The molecular formula is C13H16BrCl2NO. The molecule has 0 bridgehead atoms. The molecule has 18 heavy (non-hydrogen) atoms. The van der Waals surface area contributed by atoms with Crippen molar-refractivity contribution in [3.63, 3.8) is 0 Å². The lowest BCUT2D eigenvalue weighted by molar-refractivity contribution is -0.0553. The molecule has 0 amide bonds. The average molecular weight is 353 g/mol. The molecule has 1 aromatic carbocycles. The molecule has 0 spiro atoms. The fraction of sp³-hybridized carbons (Fsp3) is 0.538. The first-order valence-corrected chi connectivity index (χ1v) is 7.48. The average Bonchev–Trinajstić information content (AvgIpc) is 2.29. The Balaban J connectivity index is 2.12. The van der Waals surface area contributed by atoms with Crippen LogP contribution in [0.4, 0.5) is 5.69 Å². The summed E-state index contributed by atoms with van der Waals surface area (Å²) in [5.41, 5.74) is 0.800. The van der Waals surface area contributed by atoms with Gasteiger partial charge in [0.25, 0.3) is 0 Å². The van der Waals surface area contributed by atoms with Crippen molar-refractivity contribution < 1.29 is 4.74 Å². The van der Waals surface area contributed by atoms with Crippen LogP contribution in [0.5, 0.6) is 0 Å². The summed E-state index contributed by atoms with van der Waals surface area (Å²) in [4.78, 5) is 0. The van der Waals surface area contributed by atoms with Gasteiger partial charge in [0.05, 0.1) is 21.3 Å². The van der Waals surface area contributed by atoms with Gasteiger partial charge >= 0.3 is 0 Å². The van der Waals surface area contributed by atoms with E-state index in [0.717, 1.165) is 29.6 Å². The van der Waals surface area contributed by atoms with Crippen LogP contribution in [0, 0.1) is 0 Å². The van der Waals surface area contributed by atoms with E-state index in [0.29, 0.717) is 16.1 Å². The number of benzene rings is 1. The second kappa shape index (κ2) is 5.58. The highest BCUT2D eigenvalue weighted by atomic mass is 79.9. The lowest BCUT2D eigenvalue weighted by Crippen LogP contribution is -2.40. The van der Waals surface area contributed by atoms with Crippen LogP contribution in [-0.4, -0.2) is 18.2 Å². The van der Waals surface area contributed by atoms with Gasteiger partial charge in [0.15, 0.2) is 0 Å². The van der Waals surface area contributed by atoms with E-state index < -0.39 is 0 Å². The third-order valence-corrected chi connectivity index (χ3v) is 4.86. The highest BCUT2D eigenvalue weighted by molar-refractivity contribution is 9.10. The van der Waals surface area contributed by atoms with Crippen LogP contribution < -0.4 is 5.32 Å². The smallest absolute Gasteiger partial charge is 0.0835 e. The normalized spacial score (nSPS) is 22.8. The van der Waals surface area contributed by atoms with Crippen molar-refractivity contribution in [2.24, 2.45) is 0 Å². The molecule has 1 aromatic rings. The fourth-order valence-electron chi connectivity index (χ4n) is 2.21. The van der Waals surface area contributed by atoms with Crippen molar-refractivity contribution in [2.45, 2.75) is 38.3 Å². The van der Waals surface area contributed by atoms with E-state index in [1.165, 1.54) is 0 Å². The van der Waals surface area contributed by atoms with Crippen LogP contribution >= 0.6 is 39.1 Å². The Kier molecular flexibility index (Phi) is 4.48. The maximum atomic E-state index is 6.23. The number of nitrogens with one attached hydrogen (secondary N) is 1. The number of rotatable bonds is 2. The zero-order valence-electron chi connectivity index (χ0n) is 10.4. The Morgan fingerprint density at radius 2 is 2.06 bits per heavy atom. The maximum Gasteiger partial charge on any atom is 0.0835 e. The minimum absolute atomic E-state index is 0.0818. The first-order valence-electron chi connectivity index (χ1n) is 5.93. The van der Waals surface area contributed by atoms with E-state index in [1.807, 2.05) is 12.1 Å². The Bertz CT molecular complexity index is 451. The highest BCUT2D eigenvalue weighted by Crippen LogP contribution is 2.37. The van der Waals surface area contributed by atoms with Gasteiger partial charge in [0.2, 0.25) is 0 Å². The maximum absolute atomic E-state index is 6.23. The molecule has 1 N–H and O–H groups in total. The molecule has 5 heteroatoms. The van der Waals surface area contributed by atoms with Gasteiger partial charge in [-0.1, -0.05) is 23.2 Å². The van der Waals surface area contributed by atoms with E-state index in [9.17, 15) is 0 Å². The van der Waals surface area contributed by atoms with Crippen LogP contribution in [0.25, 0.3) is 0 Å². The van der Waals surface area contributed by atoms with Gasteiger partial charge in [-0.25, -0.2) is 0 Å². The van der Waals surface area contributed by atoms with E-state index in [1.54, 1.807) is 0 Å². The summed E-state index contributed by atoms with van der Waals surface area (Å²) < 4.78 is 6.51. The molecule has 100 valence electrons. The Morgan fingerprint density at radius 1 is 1.33 bits per heavy atom. The minimum Gasteiger partial charge on any atom is -0.381 e. The first-order chi connectivity index (χ1) is 8.39. The molecule has 1 atom stereocenters. The van der Waals surface area contributed by atoms with Crippen LogP contribution in [0.2, 0.25) is 10.0 Å². The monoisotopic (exact) mass is 351 g/mol. The van der Waals surface area contributed by atoms with E-state index >= 15 is 0 Å². The summed E-state index contributed by atoms with van der Waals surface area (Å²) >= 11 is 15.7. The van der Waals surface area contributed by atoms with Crippen molar-refractivity contribution in [2.75, 3.05) is 11.9 Å². The number of anilines is 1. The number of hydrogen-bond donors (Lipinski definition) is 1. The van der Waals surface area contributed by atoms with Gasteiger partial charge in [-0.3, -0.25) is 0 Å². The van der Waals surface area contributed by atoms with Gasteiger partial charge in [-0.15, -0.1) is 0 Å². The standard InChI is InChI=1S/C13H16BrCl2NO/c1-13(2)7-8(5-6-18-13)17-10-4-3-9(14)11(15)12(10)16/h3-4,8,17H,5-7H2,1-2H3. The van der Waals surface area contributed by atoms with Crippen LogP contribution in [0.15, 0.2) is 16.6 Å². The summed E-state index contributed by atoms with van der Waals surface area (Å²) in [5.74, 6) is 0. The molecule has 2 nitrogen and oxygen atoms in total. The quantitative estimate of drug-likeness (QED) is 0.745. The minimum atomic E-state index is -0.0818. The van der Waals surface area contributed by atoms with Gasteiger partial charge in [-0.05, 0) is 54.8 Å². The van der Waals surface area contributed by atoms with Crippen molar-refractivity contribution in [1.29, 1.82) is 0 Å². The zero-order valence-corrected chi connectivity index (χ0v) is 13.5. The molecule has 1 aliphatic heterocycles. The van der Waals surface area contributed by atoms with Gasteiger partial charge in [0, 0.05) is 17.1 Å². The molecule has 2 rings (SSSR count). The largest absolute Gasteiger partial charge is 0.381 e. The van der Waals surface area contributed by atoms with E-state index in [2.05, 4.69) is 35.1 Å². The second-order valence-electron chi connectivity index (χ2n) is 5.17. The van der Waals surface area contributed by atoms with Crippen molar-refractivity contribution in [1.82, 2.24) is 0 Å². The van der Waals surface area contributed by atoms with Crippen LogP contribution in [-0.2, 0) is 4.74 Å². The third kappa shape index (κ3) is 3.32. The van der Waals surface area contributed by atoms with Gasteiger partial charge < -0.3 is 10.1 Å². The molecular weight excluding hydrogens is 337 g/mol. The zero-order chi connectivity index (χ0) is 13.3. The molecule has 0 aliphatic carbocycles. The first kappa shape index (κ1) is 14.4. The number of ether oxygens (including phenoxy) is 1. The molecule has 1 aliphatic rings. The molecule has 0 radical (unpaired) electrons. The summed E-state index contributed by atoms with van der Waals surface area (Å²) in [5, 5.41) is 4.57. The summed E-state index contributed by atoms with van der Waals surface area (Å²) in [6.07, 6.45) is 1.93. The Morgan fingerprint density at radius 3 is 2.72 bits per heavy atom. The van der Waals surface area contributed by atoms with Crippen molar-refractivity contribution >= 4 is 44.8 Å². The fourth-order valence-corrected chi connectivity index (χ4v) is 3.04. The highest BCUT2D eigenvalue weighted by Gasteiger charge is 2.29. The molecule has 1 saturated heterocycles. The third-order valence-electron chi connectivity index (χ3n) is 3.09. The van der Waals surface area contributed by atoms with Crippen LogP contribution in [0.3, 0.4) is 0 Å². The second-order valence-corrected chi connectivity index (χ2v) is 6.78. The van der Waals surface area contributed by atoms with Gasteiger partial charge in [0.1, 0.15) is 0 Å². The Labute approximate surface area is 126 Å². The summed E-state index contributed by atoms with van der Waals surface area (Å²) in [6, 6.07) is 4.21. The molecule has 0 saturated carbocycles. The summed E-state index contributed by atoms with van der Waals surface area (Å²) in [6.45, 7) is 4.99. The predicted octanol–water partition coefficient (Wildman–Crippen LogP) is 5.13. The molecule has 1 unspecified atom stereocenters. The number of halogens is 3. The number of hydrogen-bond acceptors (Lipinski definition) is 2. The van der Waals surface area contributed by atoms with Crippen LogP contribution in [0.1, 0.15) is 26.7 Å². The summed E-state index contributed by atoms with van der Waals surface area (Å²) in [7, 11) is 0. The SMILES string of the molecule is CC1(C)CC(Nc2ccc(Br)c(Cl)c2Cl)CCO1. The van der Waals surface area contributed by atoms with Gasteiger partial charge in [-0.2, -0.15) is 0 Å². The lowest BCUT2D eigenvalue weighted by atomic mass is 9.94. The Hall–Kier alpha value is 0.0400. The molecule has 1 fully saturated rings. The predicted molar refractivity (Wildman–Crippen MR) is 80.8 cm³/mol. The molecule has 1 heterocycles. The topological polar surface area (TPSA) is 21.3 Å². The van der Waals surface area contributed by atoms with Crippen molar-refractivity contribution in [3.8, 4) is 0 Å². The van der Waals surface area contributed by atoms with Crippen molar-refractivity contribution in [3.05, 3.63) is 26.7 Å². The molecule has 0 aromatic heterocycles. The van der Waals surface area contributed by atoms with E-state index in [4.69, 9.17) is 27.9 Å². The lowest BCUT2D eigenvalue weighted by Gasteiger charge is -2.36. The van der Waals surface area contributed by atoms with E-state index in [-0.39, 0.29) is 5.60 Å².